The fourth-order valence-electron chi connectivity index (χ4n) is 2.48. The number of nitrogens with one attached hydrogen (secondary N) is 1. The molecule has 126 valence electrons. The highest BCUT2D eigenvalue weighted by Gasteiger charge is 2.24. The van der Waals surface area contributed by atoms with Crippen LogP contribution < -0.4 is 5.32 Å². The Hall–Kier alpha value is -0.940. The van der Waals surface area contributed by atoms with Gasteiger partial charge in [0, 0.05) is 37.7 Å². The van der Waals surface area contributed by atoms with Gasteiger partial charge in [-0.1, -0.05) is 26.0 Å². The SMILES string of the molecule is CN=C(NCc1ccc(C#N)cc1)N1CCSC(C(C)C)C1.I. The maximum atomic E-state index is 8.83. The maximum Gasteiger partial charge on any atom is 0.193 e. The van der Waals surface area contributed by atoms with Crippen LogP contribution in [0.4, 0.5) is 0 Å². The van der Waals surface area contributed by atoms with Crippen molar-refractivity contribution in [1.82, 2.24) is 10.2 Å². The molecule has 1 atom stereocenters. The molecule has 0 saturated carbocycles. The fraction of sp³-hybridized carbons (Fsp3) is 0.529. The molecule has 1 aliphatic rings. The van der Waals surface area contributed by atoms with Gasteiger partial charge in [0.25, 0.3) is 0 Å². The Morgan fingerprint density at radius 2 is 2.13 bits per heavy atom. The molecule has 0 radical (unpaired) electrons. The highest BCUT2D eigenvalue weighted by Crippen LogP contribution is 2.24. The summed E-state index contributed by atoms with van der Waals surface area (Å²) in [5.41, 5.74) is 1.85. The van der Waals surface area contributed by atoms with Gasteiger partial charge in [-0.2, -0.15) is 17.0 Å². The first-order valence-electron chi connectivity index (χ1n) is 7.70. The van der Waals surface area contributed by atoms with E-state index in [1.807, 2.05) is 31.3 Å². The number of hydrogen-bond acceptors (Lipinski definition) is 3. The van der Waals surface area contributed by atoms with Gasteiger partial charge in [0.1, 0.15) is 0 Å². The molecule has 1 N–H and O–H groups in total. The lowest BCUT2D eigenvalue weighted by Crippen LogP contribution is -2.48. The van der Waals surface area contributed by atoms with Crippen LogP contribution in [0.3, 0.4) is 0 Å². The molecule has 0 amide bonds. The molecule has 6 heteroatoms. The van der Waals surface area contributed by atoms with Crippen molar-refractivity contribution in [3.05, 3.63) is 35.4 Å². The van der Waals surface area contributed by atoms with Gasteiger partial charge >= 0.3 is 0 Å². The summed E-state index contributed by atoms with van der Waals surface area (Å²) in [6, 6.07) is 9.83. The van der Waals surface area contributed by atoms with Crippen molar-refractivity contribution in [2.24, 2.45) is 10.9 Å². The lowest BCUT2D eigenvalue weighted by atomic mass is 10.1. The standard InChI is InChI=1S/C17H24N4S.HI/c1-13(2)16-12-21(8-9-22-16)17(19-3)20-11-15-6-4-14(10-18)5-7-15;/h4-7,13,16H,8-9,11-12H2,1-3H3,(H,19,20);1H. The molecule has 0 aromatic heterocycles. The Morgan fingerprint density at radius 1 is 1.43 bits per heavy atom. The van der Waals surface area contributed by atoms with Crippen LogP contribution >= 0.6 is 35.7 Å². The third kappa shape index (κ3) is 5.88. The Labute approximate surface area is 160 Å². The number of rotatable bonds is 3. The first-order valence-corrected chi connectivity index (χ1v) is 8.75. The maximum absolute atomic E-state index is 8.83. The van der Waals surface area contributed by atoms with Crippen molar-refractivity contribution in [3.63, 3.8) is 0 Å². The number of halogens is 1. The predicted molar refractivity (Wildman–Crippen MR) is 109 cm³/mol. The van der Waals surface area contributed by atoms with Crippen LogP contribution in [-0.2, 0) is 6.54 Å². The molecular weight excluding hydrogens is 419 g/mol. The highest BCUT2D eigenvalue weighted by atomic mass is 127. The first-order chi connectivity index (χ1) is 10.6. The van der Waals surface area contributed by atoms with Gasteiger partial charge in [0.05, 0.1) is 11.6 Å². The molecule has 2 rings (SSSR count). The molecule has 1 saturated heterocycles. The average molecular weight is 444 g/mol. The van der Waals surface area contributed by atoms with E-state index in [1.54, 1.807) is 0 Å². The van der Waals surface area contributed by atoms with Gasteiger partial charge in [-0.15, -0.1) is 24.0 Å². The second-order valence-corrected chi connectivity index (χ2v) is 7.16. The van der Waals surface area contributed by atoms with Crippen molar-refractivity contribution in [3.8, 4) is 6.07 Å². The molecule has 0 bridgehead atoms. The van der Waals surface area contributed by atoms with E-state index < -0.39 is 0 Å². The quantitative estimate of drug-likeness (QED) is 0.442. The number of guanidine groups is 1. The zero-order valence-electron chi connectivity index (χ0n) is 14.0. The smallest absolute Gasteiger partial charge is 0.193 e. The van der Waals surface area contributed by atoms with Crippen molar-refractivity contribution < 1.29 is 0 Å². The number of thioether (sulfide) groups is 1. The zero-order chi connectivity index (χ0) is 15.9. The van der Waals surface area contributed by atoms with E-state index >= 15 is 0 Å². The van der Waals surface area contributed by atoms with E-state index in [0.29, 0.717) is 16.7 Å². The third-order valence-electron chi connectivity index (χ3n) is 3.88. The van der Waals surface area contributed by atoms with Gasteiger partial charge in [-0.05, 0) is 23.6 Å². The van der Waals surface area contributed by atoms with Gasteiger partial charge in [-0.3, -0.25) is 4.99 Å². The Morgan fingerprint density at radius 3 is 2.70 bits per heavy atom. The van der Waals surface area contributed by atoms with E-state index in [9.17, 15) is 0 Å². The predicted octanol–water partition coefficient (Wildman–Crippen LogP) is 3.33. The molecule has 23 heavy (non-hydrogen) atoms. The van der Waals surface area contributed by atoms with Crippen molar-refractivity contribution in [2.45, 2.75) is 25.6 Å². The molecular formula is C17H25IN4S. The van der Waals surface area contributed by atoms with Crippen LogP contribution in [0.5, 0.6) is 0 Å². The summed E-state index contributed by atoms with van der Waals surface area (Å²) in [6.45, 7) is 7.40. The van der Waals surface area contributed by atoms with Gasteiger partial charge in [-0.25, -0.2) is 0 Å². The van der Waals surface area contributed by atoms with E-state index in [0.717, 1.165) is 36.9 Å². The summed E-state index contributed by atoms with van der Waals surface area (Å²) >= 11 is 2.07. The Kier molecular flexibility index (Phi) is 8.77. The van der Waals surface area contributed by atoms with Crippen LogP contribution in [0.15, 0.2) is 29.3 Å². The lowest BCUT2D eigenvalue weighted by Gasteiger charge is -2.36. The lowest BCUT2D eigenvalue weighted by molar-refractivity contribution is 0.380. The largest absolute Gasteiger partial charge is 0.352 e. The number of nitrogens with zero attached hydrogens (tertiary/aromatic N) is 3. The summed E-state index contributed by atoms with van der Waals surface area (Å²) < 4.78 is 0. The summed E-state index contributed by atoms with van der Waals surface area (Å²) in [4.78, 5) is 6.78. The van der Waals surface area contributed by atoms with Crippen LogP contribution in [-0.4, -0.2) is 42.0 Å². The molecule has 1 heterocycles. The highest BCUT2D eigenvalue weighted by molar-refractivity contribution is 14.0. The summed E-state index contributed by atoms with van der Waals surface area (Å²) in [5.74, 6) is 2.81. The number of benzene rings is 1. The van der Waals surface area contributed by atoms with Crippen LogP contribution in [0.2, 0.25) is 0 Å². The van der Waals surface area contributed by atoms with E-state index in [1.165, 1.54) is 0 Å². The van der Waals surface area contributed by atoms with Gasteiger partial charge in [0.2, 0.25) is 0 Å². The van der Waals surface area contributed by atoms with E-state index in [-0.39, 0.29) is 24.0 Å². The summed E-state index contributed by atoms with van der Waals surface area (Å²) in [7, 11) is 1.84. The van der Waals surface area contributed by atoms with Crippen molar-refractivity contribution in [1.29, 1.82) is 5.26 Å². The molecule has 1 aromatic rings. The van der Waals surface area contributed by atoms with Crippen molar-refractivity contribution in [2.75, 3.05) is 25.9 Å². The third-order valence-corrected chi connectivity index (χ3v) is 5.42. The monoisotopic (exact) mass is 444 g/mol. The topological polar surface area (TPSA) is 51.4 Å². The Bertz CT molecular complexity index is 551. The first kappa shape index (κ1) is 20.1. The minimum absolute atomic E-state index is 0. The molecule has 1 fully saturated rings. The van der Waals surface area contributed by atoms with Crippen LogP contribution in [0, 0.1) is 17.2 Å². The van der Waals surface area contributed by atoms with Crippen LogP contribution in [0.25, 0.3) is 0 Å². The molecule has 0 aliphatic carbocycles. The second-order valence-electron chi connectivity index (χ2n) is 5.81. The summed E-state index contributed by atoms with van der Waals surface area (Å²) in [6.07, 6.45) is 0. The van der Waals surface area contributed by atoms with Gasteiger partial charge in [0.15, 0.2) is 5.96 Å². The normalized spacial score (nSPS) is 18.3. The van der Waals surface area contributed by atoms with Gasteiger partial charge < -0.3 is 10.2 Å². The fourth-order valence-corrected chi connectivity index (χ4v) is 3.78. The van der Waals surface area contributed by atoms with E-state index in [2.05, 4.69) is 46.9 Å². The molecule has 1 aromatic carbocycles. The van der Waals surface area contributed by atoms with Crippen molar-refractivity contribution >= 4 is 41.7 Å². The molecule has 1 unspecified atom stereocenters. The number of nitriles is 1. The summed E-state index contributed by atoms with van der Waals surface area (Å²) in [5, 5.41) is 12.9. The Balaban J connectivity index is 0.00000264. The molecule has 1 aliphatic heterocycles. The second kappa shape index (κ2) is 10.0. The minimum atomic E-state index is 0. The molecule has 0 spiro atoms. The minimum Gasteiger partial charge on any atom is -0.352 e. The molecule has 4 nitrogen and oxygen atoms in total. The number of hydrogen-bond donors (Lipinski definition) is 1. The number of aliphatic imine (C=N–C) groups is 1. The van der Waals surface area contributed by atoms with E-state index in [4.69, 9.17) is 5.26 Å². The zero-order valence-corrected chi connectivity index (χ0v) is 17.1. The van der Waals surface area contributed by atoms with Crippen LogP contribution in [0.1, 0.15) is 25.0 Å². The average Bonchev–Trinajstić information content (AvgIpc) is 2.56.